The molecule has 0 fully saturated rings. The first kappa shape index (κ1) is 23.6. The fraction of sp³-hybridized carbons (Fsp3) is 0.240. The quantitative estimate of drug-likeness (QED) is 0.388. The van der Waals surface area contributed by atoms with E-state index >= 15 is 0 Å². The van der Waals surface area contributed by atoms with Gasteiger partial charge in [0.2, 0.25) is 0 Å². The topological polar surface area (TPSA) is 110 Å². The second-order valence-corrected chi connectivity index (χ2v) is 7.16. The smallest absolute Gasteiger partial charge is 0.251 e. The molecule has 0 saturated carbocycles. The summed E-state index contributed by atoms with van der Waals surface area (Å²) in [7, 11) is 0. The van der Waals surface area contributed by atoms with Crippen molar-refractivity contribution in [3.8, 4) is 17.2 Å². The fourth-order valence-corrected chi connectivity index (χ4v) is 3.02. The van der Waals surface area contributed by atoms with Crippen molar-refractivity contribution in [1.82, 2.24) is 15.6 Å². The summed E-state index contributed by atoms with van der Waals surface area (Å²) in [5.41, 5.74) is 1.77. The normalized spacial score (nSPS) is 10.3. The summed E-state index contributed by atoms with van der Waals surface area (Å²) in [5.74, 6) is 0.559. The van der Waals surface area contributed by atoms with Crippen LogP contribution in [0.1, 0.15) is 39.6 Å². The maximum absolute atomic E-state index is 12.5. The number of nitrogens with zero attached hydrogens (tertiary/aromatic N) is 1. The summed E-state index contributed by atoms with van der Waals surface area (Å²) >= 11 is 0. The van der Waals surface area contributed by atoms with Crippen LogP contribution in [0.2, 0.25) is 0 Å². The van der Waals surface area contributed by atoms with E-state index in [0.29, 0.717) is 55.4 Å². The molecule has 3 N–H and O–H groups in total. The summed E-state index contributed by atoms with van der Waals surface area (Å²) < 4.78 is 11.5. The number of ether oxygens (including phenoxy) is 2. The molecule has 2 amide bonds. The van der Waals surface area contributed by atoms with Crippen LogP contribution in [-0.4, -0.2) is 41.6 Å². The van der Waals surface area contributed by atoms with Crippen molar-refractivity contribution in [3.05, 3.63) is 83.7 Å². The highest BCUT2D eigenvalue weighted by atomic mass is 16.5. The van der Waals surface area contributed by atoms with E-state index in [9.17, 15) is 14.7 Å². The minimum atomic E-state index is -0.277. The number of phenols is 1. The Kier molecular flexibility index (Phi) is 8.64. The number of aromatic nitrogens is 1. The second-order valence-electron chi connectivity index (χ2n) is 7.16. The average Bonchev–Trinajstić information content (AvgIpc) is 2.83. The molecule has 0 aliphatic carbocycles. The highest BCUT2D eigenvalue weighted by Gasteiger charge is 2.12. The fourth-order valence-electron chi connectivity index (χ4n) is 3.02. The van der Waals surface area contributed by atoms with Gasteiger partial charge < -0.3 is 25.2 Å². The number of phenolic OH excluding ortho intramolecular Hbond substituents is 1. The monoisotopic (exact) mass is 449 g/mol. The second kappa shape index (κ2) is 12.1. The highest BCUT2D eigenvalue weighted by Crippen LogP contribution is 2.29. The summed E-state index contributed by atoms with van der Waals surface area (Å²) in [5, 5.41) is 15.0. The largest absolute Gasteiger partial charge is 0.508 e. The van der Waals surface area contributed by atoms with E-state index in [2.05, 4.69) is 15.6 Å². The number of rotatable bonds is 11. The van der Waals surface area contributed by atoms with Crippen LogP contribution in [0.4, 0.5) is 0 Å². The molecule has 1 aromatic heterocycles. The van der Waals surface area contributed by atoms with Gasteiger partial charge >= 0.3 is 0 Å². The minimum Gasteiger partial charge on any atom is -0.508 e. The first-order chi connectivity index (χ1) is 16.1. The van der Waals surface area contributed by atoms with Crippen molar-refractivity contribution in [2.24, 2.45) is 0 Å². The summed E-state index contributed by atoms with van der Waals surface area (Å²) in [6.07, 6.45) is 3.99. The lowest BCUT2D eigenvalue weighted by Gasteiger charge is -2.13. The summed E-state index contributed by atoms with van der Waals surface area (Å²) in [6.45, 7) is 3.42. The molecule has 8 heteroatoms. The van der Waals surface area contributed by atoms with Gasteiger partial charge in [0, 0.05) is 42.2 Å². The Morgan fingerprint density at radius 3 is 2.33 bits per heavy atom. The van der Waals surface area contributed by atoms with E-state index in [4.69, 9.17) is 9.47 Å². The van der Waals surface area contributed by atoms with Crippen molar-refractivity contribution < 1.29 is 24.2 Å². The van der Waals surface area contributed by atoms with Gasteiger partial charge in [-0.2, -0.15) is 0 Å². The first-order valence-corrected chi connectivity index (χ1v) is 10.7. The number of carbonyl (C=O) groups is 2. The molecule has 0 unspecified atom stereocenters. The van der Waals surface area contributed by atoms with Crippen LogP contribution in [0.5, 0.6) is 17.2 Å². The molecule has 0 spiro atoms. The molecular formula is C25H27N3O5. The molecule has 3 rings (SSSR count). The summed E-state index contributed by atoms with van der Waals surface area (Å²) in [6, 6.07) is 14.9. The van der Waals surface area contributed by atoms with Crippen LogP contribution in [0.15, 0.2) is 67.0 Å². The number of nitrogens with one attached hydrogen (secondary N) is 2. The zero-order chi connectivity index (χ0) is 23.5. The van der Waals surface area contributed by atoms with E-state index in [1.54, 1.807) is 42.7 Å². The van der Waals surface area contributed by atoms with Crippen LogP contribution >= 0.6 is 0 Å². The maximum atomic E-state index is 12.5. The molecule has 8 nitrogen and oxygen atoms in total. The molecule has 0 radical (unpaired) electrons. The Balaban J connectivity index is 1.47. The first-order valence-electron chi connectivity index (χ1n) is 10.7. The van der Waals surface area contributed by atoms with Crippen LogP contribution in [-0.2, 0) is 6.61 Å². The lowest BCUT2D eigenvalue weighted by atomic mass is 10.2. The SMILES string of the molecule is CCOc1cc(C(=O)NCCCNC(=O)c2cccc(O)c2)ccc1OCc1cccnc1. The van der Waals surface area contributed by atoms with Crippen LogP contribution < -0.4 is 20.1 Å². The van der Waals surface area contributed by atoms with E-state index in [0.717, 1.165) is 5.56 Å². The predicted molar refractivity (Wildman–Crippen MR) is 124 cm³/mol. The van der Waals surface area contributed by atoms with Crippen LogP contribution in [0.25, 0.3) is 0 Å². The van der Waals surface area contributed by atoms with Gasteiger partial charge in [-0.25, -0.2) is 0 Å². The minimum absolute atomic E-state index is 0.0369. The molecule has 2 aromatic carbocycles. The zero-order valence-corrected chi connectivity index (χ0v) is 18.4. The third-order valence-electron chi connectivity index (χ3n) is 4.66. The predicted octanol–water partition coefficient (Wildman–Crippen LogP) is 3.31. The van der Waals surface area contributed by atoms with Crippen molar-refractivity contribution in [2.45, 2.75) is 20.0 Å². The van der Waals surface area contributed by atoms with Crippen LogP contribution in [0, 0.1) is 0 Å². The van der Waals surface area contributed by atoms with Crippen molar-refractivity contribution in [1.29, 1.82) is 0 Å². The molecule has 0 atom stereocenters. The number of benzene rings is 2. The molecule has 33 heavy (non-hydrogen) atoms. The van der Waals surface area contributed by atoms with E-state index in [-0.39, 0.29) is 17.6 Å². The van der Waals surface area contributed by atoms with Gasteiger partial charge in [-0.05, 0) is 55.8 Å². The number of hydrogen-bond acceptors (Lipinski definition) is 6. The Hall–Kier alpha value is -4.07. The molecular weight excluding hydrogens is 422 g/mol. The van der Waals surface area contributed by atoms with E-state index in [1.165, 1.54) is 12.1 Å². The standard InChI is InChI=1S/C25H27N3O5/c1-2-32-23-15-20(9-10-22(23)33-17-18-6-4-11-26-16-18)25(31)28-13-5-12-27-24(30)19-7-3-8-21(29)14-19/h3-4,6-11,14-16,29H,2,5,12-13,17H2,1H3,(H,27,30)(H,28,31). The summed E-state index contributed by atoms with van der Waals surface area (Å²) in [4.78, 5) is 28.6. The van der Waals surface area contributed by atoms with Gasteiger partial charge in [0.15, 0.2) is 11.5 Å². The Morgan fingerprint density at radius 2 is 1.67 bits per heavy atom. The molecule has 172 valence electrons. The van der Waals surface area contributed by atoms with Gasteiger partial charge in [-0.3, -0.25) is 14.6 Å². The van der Waals surface area contributed by atoms with Gasteiger partial charge in [-0.15, -0.1) is 0 Å². The third kappa shape index (κ3) is 7.24. The highest BCUT2D eigenvalue weighted by molar-refractivity contribution is 5.95. The third-order valence-corrected chi connectivity index (χ3v) is 4.66. The molecule has 0 aliphatic heterocycles. The van der Waals surface area contributed by atoms with Gasteiger partial charge in [0.25, 0.3) is 11.8 Å². The maximum Gasteiger partial charge on any atom is 0.251 e. The van der Waals surface area contributed by atoms with E-state index in [1.807, 2.05) is 19.1 Å². The number of aromatic hydroxyl groups is 1. The number of carbonyl (C=O) groups excluding carboxylic acids is 2. The van der Waals surface area contributed by atoms with Crippen molar-refractivity contribution in [3.63, 3.8) is 0 Å². The Bertz CT molecular complexity index is 1070. The average molecular weight is 450 g/mol. The van der Waals surface area contributed by atoms with Crippen LogP contribution in [0.3, 0.4) is 0 Å². The number of amides is 2. The van der Waals surface area contributed by atoms with Gasteiger partial charge in [-0.1, -0.05) is 12.1 Å². The van der Waals surface area contributed by atoms with Crippen molar-refractivity contribution in [2.75, 3.05) is 19.7 Å². The number of pyridine rings is 1. The van der Waals surface area contributed by atoms with Gasteiger partial charge in [0.05, 0.1) is 6.61 Å². The lowest BCUT2D eigenvalue weighted by molar-refractivity contribution is 0.0951. The molecule has 0 saturated heterocycles. The Morgan fingerprint density at radius 1 is 0.909 bits per heavy atom. The molecule has 1 heterocycles. The number of hydrogen-bond donors (Lipinski definition) is 3. The molecule has 3 aromatic rings. The van der Waals surface area contributed by atoms with Gasteiger partial charge in [0.1, 0.15) is 12.4 Å². The molecule has 0 aliphatic rings. The lowest BCUT2D eigenvalue weighted by Crippen LogP contribution is -2.29. The Labute approximate surface area is 192 Å². The van der Waals surface area contributed by atoms with Crippen molar-refractivity contribution >= 4 is 11.8 Å². The van der Waals surface area contributed by atoms with E-state index < -0.39 is 0 Å². The zero-order valence-electron chi connectivity index (χ0n) is 18.4. The molecule has 0 bridgehead atoms.